The number of aromatic amines is 1. The Morgan fingerprint density at radius 2 is 2.38 bits per heavy atom. The molecular formula is C13H18N8O5. The second-order valence-electron chi connectivity index (χ2n) is 5.55. The zero-order chi connectivity index (χ0) is 18.7. The van der Waals surface area contributed by atoms with Crippen LogP contribution in [0.2, 0.25) is 0 Å². The van der Waals surface area contributed by atoms with Crippen molar-refractivity contribution in [3.63, 3.8) is 0 Å². The predicted molar refractivity (Wildman–Crippen MR) is 88.1 cm³/mol. The Morgan fingerprint density at radius 3 is 3.08 bits per heavy atom. The highest BCUT2D eigenvalue weighted by Crippen LogP contribution is 2.35. The maximum atomic E-state index is 12.0. The minimum atomic E-state index is -0.835. The van der Waals surface area contributed by atoms with Crippen molar-refractivity contribution >= 4 is 17.1 Å². The fourth-order valence-corrected chi connectivity index (χ4v) is 2.87. The molecule has 140 valence electrons. The number of aliphatic hydroxyl groups is 1. The molecule has 0 aromatic carbocycles. The van der Waals surface area contributed by atoms with E-state index in [1.165, 1.54) is 18.0 Å². The molecule has 2 aromatic heterocycles. The predicted octanol–water partition coefficient (Wildman–Crippen LogP) is -0.698. The third-order valence-corrected chi connectivity index (χ3v) is 4.00. The Morgan fingerprint density at radius 1 is 1.58 bits per heavy atom. The van der Waals surface area contributed by atoms with Gasteiger partial charge in [0.15, 0.2) is 17.4 Å². The molecule has 1 aliphatic heterocycles. The summed E-state index contributed by atoms with van der Waals surface area (Å²) in [6.07, 6.45) is -1.02. The van der Waals surface area contributed by atoms with E-state index < -0.39 is 30.0 Å². The summed E-state index contributed by atoms with van der Waals surface area (Å²) in [7, 11) is 1.52. The van der Waals surface area contributed by atoms with Crippen molar-refractivity contribution < 1.29 is 19.3 Å². The SMILES string of the molecule is COCCO[C@@H]1[C@H](N=[N+]=[N-])[C@@H](CO)O[C@H]1n1cnc2c(=O)[nH]c(N)nc21. The lowest BCUT2D eigenvalue weighted by atomic mass is 10.1. The molecule has 0 aliphatic carbocycles. The fraction of sp³-hybridized carbons (Fsp3) is 0.615. The van der Waals surface area contributed by atoms with E-state index >= 15 is 0 Å². The summed E-state index contributed by atoms with van der Waals surface area (Å²) >= 11 is 0. The van der Waals surface area contributed by atoms with Gasteiger partial charge in [0.25, 0.3) is 5.56 Å². The fourth-order valence-electron chi connectivity index (χ4n) is 2.87. The molecule has 0 radical (unpaired) electrons. The Balaban J connectivity index is 2.03. The van der Waals surface area contributed by atoms with Crippen LogP contribution in [0.25, 0.3) is 21.6 Å². The first-order valence-corrected chi connectivity index (χ1v) is 7.74. The number of azide groups is 1. The number of aromatic nitrogens is 4. The molecule has 1 aliphatic rings. The topological polar surface area (TPSA) is 186 Å². The Labute approximate surface area is 146 Å². The van der Waals surface area contributed by atoms with E-state index in [1.54, 1.807) is 0 Å². The molecule has 0 amide bonds. The van der Waals surface area contributed by atoms with E-state index in [1.807, 2.05) is 0 Å². The molecule has 13 nitrogen and oxygen atoms in total. The molecular weight excluding hydrogens is 348 g/mol. The van der Waals surface area contributed by atoms with Gasteiger partial charge in [-0.15, -0.1) is 0 Å². The van der Waals surface area contributed by atoms with E-state index in [0.717, 1.165) is 0 Å². The summed E-state index contributed by atoms with van der Waals surface area (Å²) in [6.45, 7) is 0.137. The van der Waals surface area contributed by atoms with Crippen LogP contribution in [-0.2, 0) is 14.2 Å². The molecule has 2 aromatic rings. The minimum absolute atomic E-state index is 0.0752. The molecule has 13 heteroatoms. The van der Waals surface area contributed by atoms with Crippen molar-refractivity contribution in [2.45, 2.75) is 24.5 Å². The van der Waals surface area contributed by atoms with Gasteiger partial charge in [-0.05, 0) is 5.53 Å². The highest BCUT2D eigenvalue weighted by Gasteiger charge is 2.46. The number of nitrogen functional groups attached to an aromatic ring is 1. The molecule has 3 rings (SSSR count). The molecule has 0 bridgehead atoms. The Hall–Kier alpha value is -2.70. The van der Waals surface area contributed by atoms with Gasteiger partial charge in [0, 0.05) is 12.0 Å². The number of hydrogen-bond acceptors (Lipinski definition) is 9. The molecule has 0 saturated carbocycles. The third kappa shape index (κ3) is 3.21. The second kappa shape index (κ2) is 7.68. The standard InChI is InChI=1S/C13H18N8O5/c1-24-2-3-25-9-7(19-20-15)6(4-22)26-12(9)21-5-16-8-10(21)17-13(14)18-11(8)23/h5-7,9,12,22H,2-4H2,1H3,(H3,14,17,18,23)/t6-,7-,9-,12-/m1/s1. The minimum Gasteiger partial charge on any atom is -0.394 e. The van der Waals surface area contributed by atoms with Crippen LogP contribution in [0.3, 0.4) is 0 Å². The molecule has 26 heavy (non-hydrogen) atoms. The first kappa shape index (κ1) is 18.1. The molecule has 1 fully saturated rings. The highest BCUT2D eigenvalue weighted by molar-refractivity contribution is 5.70. The number of aliphatic hydroxyl groups excluding tert-OH is 1. The summed E-state index contributed by atoms with van der Waals surface area (Å²) in [5, 5.41) is 13.3. The van der Waals surface area contributed by atoms with Crippen LogP contribution in [0.5, 0.6) is 0 Å². The summed E-state index contributed by atoms with van der Waals surface area (Å²) in [5.74, 6) is -0.0793. The number of nitrogens with one attached hydrogen (secondary N) is 1. The van der Waals surface area contributed by atoms with Gasteiger partial charge in [-0.2, -0.15) is 4.98 Å². The molecule has 0 spiro atoms. The van der Waals surface area contributed by atoms with E-state index in [-0.39, 0.29) is 30.3 Å². The first-order valence-electron chi connectivity index (χ1n) is 7.74. The van der Waals surface area contributed by atoms with Crippen LogP contribution in [0.4, 0.5) is 5.95 Å². The third-order valence-electron chi connectivity index (χ3n) is 4.00. The van der Waals surface area contributed by atoms with Gasteiger partial charge in [0.2, 0.25) is 5.95 Å². The van der Waals surface area contributed by atoms with Crippen molar-refractivity contribution in [1.29, 1.82) is 0 Å². The second-order valence-corrected chi connectivity index (χ2v) is 5.55. The average molecular weight is 366 g/mol. The number of nitrogens with zero attached hydrogens (tertiary/aromatic N) is 6. The largest absolute Gasteiger partial charge is 0.394 e. The maximum Gasteiger partial charge on any atom is 0.280 e. The van der Waals surface area contributed by atoms with Crippen molar-refractivity contribution in [2.75, 3.05) is 32.7 Å². The lowest BCUT2D eigenvalue weighted by Gasteiger charge is -2.22. The van der Waals surface area contributed by atoms with Crippen LogP contribution in [-0.4, -0.2) is 69.8 Å². The van der Waals surface area contributed by atoms with E-state index in [2.05, 4.69) is 25.0 Å². The van der Waals surface area contributed by atoms with Gasteiger partial charge in [-0.3, -0.25) is 14.3 Å². The molecule has 4 N–H and O–H groups in total. The lowest BCUT2D eigenvalue weighted by Crippen LogP contribution is -2.34. The summed E-state index contributed by atoms with van der Waals surface area (Å²) in [5.41, 5.74) is 14.2. The zero-order valence-corrected chi connectivity index (χ0v) is 13.8. The number of H-pyrrole nitrogens is 1. The molecule has 1 saturated heterocycles. The van der Waals surface area contributed by atoms with Gasteiger partial charge in [0.05, 0.1) is 38.3 Å². The van der Waals surface area contributed by atoms with Crippen LogP contribution in [0.15, 0.2) is 16.2 Å². The highest BCUT2D eigenvalue weighted by atomic mass is 16.6. The van der Waals surface area contributed by atoms with Crippen molar-refractivity contribution in [1.82, 2.24) is 19.5 Å². The first-order chi connectivity index (χ1) is 12.6. The summed E-state index contributed by atoms with van der Waals surface area (Å²) in [6, 6.07) is -0.788. The number of ether oxygens (including phenoxy) is 3. The maximum absolute atomic E-state index is 12.0. The normalized spacial score (nSPS) is 25.5. The van der Waals surface area contributed by atoms with Crippen LogP contribution in [0, 0.1) is 0 Å². The lowest BCUT2D eigenvalue weighted by molar-refractivity contribution is -0.0752. The number of imidazole rings is 1. The van der Waals surface area contributed by atoms with E-state index in [4.69, 9.17) is 25.5 Å². The average Bonchev–Trinajstić information content (AvgIpc) is 3.17. The smallest absolute Gasteiger partial charge is 0.280 e. The number of methoxy groups -OCH3 is 1. The molecule has 0 unspecified atom stereocenters. The number of rotatable bonds is 7. The van der Waals surface area contributed by atoms with Gasteiger partial charge in [0.1, 0.15) is 6.10 Å². The van der Waals surface area contributed by atoms with Crippen molar-refractivity contribution in [2.24, 2.45) is 5.11 Å². The van der Waals surface area contributed by atoms with Crippen LogP contribution in [0.1, 0.15) is 6.23 Å². The Kier molecular flexibility index (Phi) is 5.35. The van der Waals surface area contributed by atoms with Crippen molar-refractivity contribution in [3.05, 3.63) is 27.1 Å². The number of hydrogen-bond donors (Lipinski definition) is 3. The number of fused-ring (bicyclic) bond motifs is 1. The quantitative estimate of drug-likeness (QED) is 0.248. The monoisotopic (exact) mass is 366 g/mol. The van der Waals surface area contributed by atoms with Crippen molar-refractivity contribution in [3.8, 4) is 0 Å². The number of nitrogens with two attached hydrogens (primary N) is 1. The molecule has 4 atom stereocenters. The zero-order valence-electron chi connectivity index (χ0n) is 13.8. The summed E-state index contributed by atoms with van der Waals surface area (Å²) < 4.78 is 18.0. The van der Waals surface area contributed by atoms with Crippen LogP contribution >= 0.6 is 0 Å². The van der Waals surface area contributed by atoms with Crippen LogP contribution < -0.4 is 11.3 Å². The van der Waals surface area contributed by atoms with Gasteiger partial charge >= 0.3 is 0 Å². The molecule has 3 heterocycles. The Bertz CT molecular complexity index is 875. The van der Waals surface area contributed by atoms with Gasteiger partial charge in [-0.25, -0.2) is 4.98 Å². The van der Waals surface area contributed by atoms with E-state index in [0.29, 0.717) is 6.61 Å². The van der Waals surface area contributed by atoms with Gasteiger partial charge in [-0.1, -0.05) is 5.11 Å². The summed E-state index contributed by atoms with van der Waals surface area (Å²) in [4.78, 5) is 25.3. The van der Waals surface area contributed by atoms with E-state index in [9.17, 15) is 9.90 Å². The number of anilines is 1. The van der Waals surface area contributed by atoms with Gasteiger partial charge < -0.3 is 25.1 Å².